The molecule has 1 aliphatic rings. The summed E-state index contributed by atoms with van der Waals surface area (Å²) in [6.45, 7) is 7.23. The topological polar surface area (TPSA) is 67.6 Å². The normalized spacial score (nSPS) is 16.1. The summed E-state index contributed by atoms with van der Waals surface area (Å²) < 4.78 is 5.30. The molecule has 1 aromatic carbocycles. The molecule has 1 aromatic rings. The monoisotopic (exact) mass is 279 g/mol. The number of hydrogen-bond acceptors (Lipinski definition) is 5. The maximum atomic E-state index is 11.0. The molecule has 6 heteroatoms. The molecule has 0 aromatic heterocycles. The molecule has 6 nitrogen and oxygen atoms in total. The van der Waals surface area contributed by atoms with Crippen molar-refractivity contribution in [3.05, 3.63) is 33.9 Å². The molecule has 20 heavy (non-hydrogen) atoms. The van der Waals surface area contributed by atoms with E-state index in [2.05, 4.69) is 10.2 Å². The second-order valence-corrected chi connectivity index (χ2v) is 5.01. The molecule has 2 rings (SSSR count). The number of nitro benzene ring substituents is 1. The van der Waals surface area contributed by atoms with Gasteiger partial charge >= 0.3 is 0 Å². The van der Waals surface area contributed by atoms with E-state index in [1.165, 1.54) is 0 Å². The first-order valence-corrected chi connectivity index (χ1v) is 6.96. The lowest BCUT2D eigenvalue weighted by Crippen LogP contribution is -2.37. The van der Waals surface area contributed by atoms with Crippen LogP contribution >= 0.6 is 0 Å². The predicted octanol–water partition coefficient (Wildman–Crippen LogP) is 2.04. The van der Waals surface area contributed by atoms with Gasteiger partial charge in [-0.15, -0.1) is 0 Å². The number of hydrogen-bond donors (Lipinski definition) is 1. The van der Waals surface area contributed by atoms with Crippen LogP contribution in [0.25, 0.3) is 0 Å². The van der Waals surface area contributed by atoms with E-state index in [9.17, 15) is 10.1 Å². The third-order valence-electron chi connectivity index (χ3n) is 3.42. The zero-order valence-electron chi connectivity index (χ0n) is 11.8. The molecule has 0 bridgehead atoms. The Morgan fingerprint density at radius 2 is 2.15 bits per heavy atom. The summed E-state index contributed by atoms with van der Waals surface area (Å²) in [6.07, 6.45) is 0.963. The number of nitro groups is 1. The van der Waals surface area contributed by atoms with Crippen molar-refractivity contribution < 1.29 is 9.66 Å². The predicted molar refractivity (Wildman–Crippen MR) is 78.2 cm³/mol. The van der Waals surface area contributed by atoms with Crippen LogP contribution in [-0.4, -0.2) is 49.2 Å². The van der Waals surface area contributed by atoms with Crippen molar-refractivity contribution in [3.8, 4) is 0 Å². The number of anilines is 1. The zero-order chi connectivity index (χ0) is 14.4. The van der Waals surface area contributed by atoms with Gasteiger partial charge in [0.05, 0.1) is 18.1 Å². The van der Waals surface area contributed by atoms with Crippen molar-refractivity contribution in [1.29, 1.82) is 0 Å². The van der Waals surface area contributed by atoms with Crippen molar-refractivity contribution in [1.82, 2.24) is 4.90 Å². The second kappa shape index (κ2) is 7.21. The van der Waals surface area contributed by atoms with E-state index in [0.717, 1.165) is 51.4 Å². The van der Waals surface area contributed by atoms with Crippen LogP contribution in [0.3, 0.4) is 0 Å². The highest BCUT2D eigenvalue weighted by molar-refractivity contribution is 5.62. The number of rotatable bonds is 6. The Bertz CT molecular complexity index is 459. The van der Waals surface area contributed by atoms with Crippen LogP contribution in [0.4, 0.5) is 11.4 Å². The van der Waals surface area contributed by atoms with E-state index in [-0.39, 0.29) is 10.6 Å². The van der Waals surface area contributed by atoms with Gasteiger partial charge in [-0.3, -0.25) is 15.0 Å². The molecule has 1 fully saturated rings. The van der Waals surface area contributed by atoms with E-state index < -0.39 is 0 Å². The quantitative estimate of drug-likeness (QED) is 0.490. The maximum Gasteiger partial charge on any atom is 0.292 e. The van der Waals surface area contributed by atoms with Crippen LogP contribution in [0.1, 0.15) is 12.0 Å². The minimum Gasteiger partial charge on any atom is -0.379 e. The number of ether oxygens (including phenoxy) is 1. The fraction of sp³-hybridized carbons (Fsp3) is 0.571. The molecule has 0 atom stereocenters. The lowest BCUT2D eigenvalue weighted by Gasteiger charge is -2.26. The molecule has 1 aliphatic heterocycles. The highest BCUT2D eigenvalue weighted by atomic mass is 16.6. The standard InChI is InChI=1S/C14H21N3O3/c1-12-3-4-14(17(18)19)13(11-12)15-5-2-6-16-7-9-20-10-8-16/h3-4,11,15H,2,5-10H2,1H3. The van der Waals surface area contributed by atoms with Crippen LogP contribution in [0.5, 0.6) is 0 Å². The first-order chi connectivity index (χ1) is 9.66. The molecule has 1 heterocycles. The third-order valence-corrected chi connectivity index (χ3v) is 3.42. The average Bonchev–Trinajstić information content (AvgIpc) is 2.44. The van der Waals surface area contributed by atoms with Gasteiger partial charge in [0.25, 0.3) is 5.69 Å². The van der Waals surface area contributed by atoms with Gasteiger partial charge < -0.3 is 10.1 Å². The average molecular weight is 279 g/mol. The summed E-state index contributed by atoms with van der Waals surface area (Å²) in [7, 11) is 0. The number of morpholine rings is 1. The second-order valence-electron chi connectivity index (χ2n) is 5.01. The first kappa shape index (κ1) is 14.7. The van der Waals surface area contributed by atoms with Gasteiger partial charge in [-0.1, -0.05) is 6.07 Å². The van der Waals surface area contributed by atoms with Crippen LogP contribution in [0, 0.1) is 17.0 Å². The van der Waals surface area contributed by atoms with Crippen molar-refractivity contribution in [2.45, 2.75) is 13.3 Å². The Balaban J connectivity index is 1.81. The zero-order valence-corrected chi connectivity index (χ0v) is 11.8. The van der Waals surface area contributed by atoms with Gasteiger partial charge in [0.15, 0.2) is 0 Å². The minimum absolute atomic E-state index is 0.141. The van der Waals surface area contributed by atoms with Gasteiger partial charge in [0.1, 0.15) is 5.69 Å². The highest BCUT2D eigenvalue weighted by Gasteiger charge is 2.13. The van der Waals surface area contributed by atoms with Crippen LogP contribution in [0.2, 0.25) is 0 Å². The Morgan fingerprint density at radius 3 is 2.85 bits per heavy atom. The number of benzene rings is 1. The van der Waals surface area contributed by atoms with Gasteiger partial charge in [-0.2, -0.15) is 0 Å². The largest absolute Gasteiger partial charge is 0.379 e. The Labute approximate surface area is 118 Å². The van der Waals surface area contributed by atoms with Crippen molar-refractivity contribution in [2.75, 3.05) is 44.7 Å². The van der Waals surface area contributed by atoms with Crippen molar-refractivity contribution in [2.24, 2.45) is 0 Å². The van der Waals surface area contributed by atoms with E-state index in [4.69, 9.17) is 4.74 Å². The molecular formula is C14H21N3O3. The first-order valence-electron chi connectivity index (χ1n) is 6.96. The maximum absolute atomic E-state index is 11.0. The Hall–Kier alpha value is -1.66. The number of nitrogens with one attached hydrogen (secondary N) is 1. The summed E-state index contributed by atoms with van der Waals surface area (Å²) in [6, 6.07) is 5.14. The summed E-state index contributed by atoms with van der Waals surface area (Å²) in [5, 5.41) is 14.1. The summed E-state index contributed by atoms with van der Waals surface area (Å²) >= 11 is 0. The molecule has 1 N–H and O–H groups in total. The molecule has 0 aliphatic carbocycles. The Kier molecular flexibility index (Phi) is 5.31. The summed E-state index contributed by atoms with van der Waals surface area (Å²) in [5.74, 6) is 0. The van der Waals surface area contributed by atoms with Crippen molar-refractivity contribution >= 4 is 11.4 Å². The smallest absolute Gasteiger partial charge is 0.292 e. The fourth-order valence-corrected chi connectivity index (χ4v) is 2.30. The van der Waals surface area contributed by atoms with Gasteiger partial charge in [0.2, 0.25) is 0 Å². The molecular weight excluding hydrogens is 258 g/mol. The van der Waals surface area contributed by atoms with Gasteiger partial charge in [0, 0.05) is 25.7 Å². The summed E-state index contributed by atoms with van der Waals surface area (Å²) in [5.41, 5.74) is 1.77. The van der Waals surface area contributed by atoms with E-state index in [1.54, 1.807) is 12.1 Å². The van der Waals surface area contributed by atoms with E-state index >= 15 is 0 Å². The van der Waals surface area contributed by atoms with Crippen LogP contribution in [-0.2, 0) is 4.74 Å². The lowest BCUT2D eigenvalue weighted by atomic mass is 10.2. The molecule has 0 unspecified atom stereocenters. The molecule has 110 valence electrons. The molecule has 0 radical (unpaired) electrons. The van der Waals surface area contributed by atoms with Gasteiger partial charge in [-0.05, 0) is 31.5 Å². The van der Waals surface area contributed by atoms with Crippen molar-refractivity contribution in [3.63, 3.8) is 0 Å². The lowest BCUT2D eigenvalue weighted by molar-refractivity contribution is -0.384. The molecule has 1 saturated heterocycles. The SMILES string of the molecule is Cc1ccc([N+](=O)[O-])c(NCCCN2CCOCC2)c1. The van der Waals surface area contributed by atoms with E-state index in [0.29, 0.717) is 5.69 Å². The molecule has 0 amide bonds. The van der Waals surface area contributed by atoms with Crippen LogP contribution < -0.4 is 5.32 Å². The highest BCUT2D eigenvalue weighted by Crippen LogP contribution is 2.25. The summed E-state index contributed by atoms with van der Waals surface area (Å²) in [4.78, 5) is 13.0. The fourth-order valence-electron chi connectivity index (χ4n) is 2.30. The van der Waals surface area contributed by atoms with Gasteiger partial charge in [-0.25, -0.2) is 0 Å². The molecule has 0 saturated carbocycles. The Morgan fingerprint density at radius 1 is 1.40 bits per heavy atom. The third kappa shape index (κ3) is 4.18. The number of nitrogens with zero attached hydrogens (tertiary/aromatic N) is 2. The number of aryl methyl sites for hydroxylation is 1. The molecule has 0 spiro atoms. The minimum atomic E-state index is -0.344. The van der Waals surface area contributed by atoms with E-state index in [1.807, 2.05) is 13.0 Å². The van der Waals surface area contributed by atoms with Crippen LogP contribution in [0.15, 0.2) is 18.2 Å².